The number of aromatic nitrogens is 2. The maximum atomic E-state index is 15.9. The van der Waals surface area contributed by atoms with Crippen molar-refractivity contribution in [3.63, 3.8) is 0 Å². The summed E-state index contributed by atoms with van der Waals surface area (Å²) in [7, 11) is 1.72. The quantitative estimate of drug-likeness (QED) is 0.0825. The number of nitrogens with zero attached hydrogens (tertiary/aromatic N) is 4. The Morgan fingerprint density at radius 3 is 2.54 bits per heavy atom. The second-order valence-corrected chi connectivity index (χ2v) is 21.1. The number of methoxy groups -OCH3 is 1. The maximum absolute atomic E-state index is 15.9. The minimum atomic E-state index is -4.63. The number of benzene rings is 2. The Hall–Kier alpha value is -5.43. The van der Waals surface area contributed by atoms with Crippen LogP contribution in [0.4, 0.5) is 17.6 Å². The molecule has 2 aromatic heterocycles. The molecule has 3 aliphatic rings. The highest BCUT2D eigenvalue weighted by Crippen LogP contribution is 2.43. The highest BCUT2D eigenvalue weighted by atomic mass is 28.1. The van der Waals surface area contributed by atoms with Crippen LogP contribution in [0.1, 0.15) is 70.4 Å². The van der Waals surface area contributed by atoms with Crippen LogP contribution in [0.5, 0.6) is 0 Å². The summed E-state index contributed by atoms with van der Waals surface area (Å²) >= 11 is 0. The number of rotatable bonds is 11. The van der Waals surface area contributed by atoms with Gasteiger partial charge in [0.2, 0.25) is 11.8 Å². The van der Waals surface area contributed by atoms with E-state index < -0.39 is 65.0 Å². The Kier molecular flexibility index (Phi) is 14.5. The summed E-state index contributed by atoms with van der Waals surface area (Å²) in [5, 5.41) is 3.54. The Balaban J connectivity index is 1.34. The summed E-state index contributed by atoms with van der Waals surface area (Å²) in [6.45, 7) is 12.3. The van der Waals surface area contributed by atoms with Crippen molar-refractivity contribution in [2.45, 2.75) is 96.4 Å². The van der Waals surface area contributed by atoms with Gasteiger partial charge in [-0.1, -0.05) is 46.4 Å². The van der Waals surface area contributed by atoms with Gasteiger partial charge in [0.25, 0.3) is 5.91 Å². The van der Waals surface area contributed by atoms with Crippen LogP contribution in [0.2, 0.25) is 0 Å². The fourth-order valence-electron chi connectivity index (χ4n) is 9.25. The van der Waals surface area contributed by atoms with Crippen LogP contribution in [0.15, 0.2) is 67.4 Å². The van der Waals surface area contributed by atoms with E-state index in [1.165, 1.54) is 34.9 Å². The van der Waals surface area contributed by atoms with E-state index in [1.807, 2.05) is 27.7 Å². The van der Waals surface area contributed by atoms with E-state index in [0.717, 1.165) is 0 Å². The van der Waals surface area contributed by atoms with Gasteiger partial charge in [0.05, 0.1) is 42.7 Å². The number of nitrogens with one attached hydrogen (secondary N) is 2. The third-order valence-corrected chi connectivity index (χ3v) is 14.2. The maximum Gasteiger partial charge on any atom is 0.406 e. The molecule has 0 spiro atoms. The zero-order valence-electron chi connectivity index (χ0n) is 39.1. The van der Waals surface area contributed by atoms with E-state index in [2.05, 4.69) is 22.3 Å². The predicted molar refractivity (Wildman–Crippen MR) is 248 cm³/mol. The second kappa shape index (κ2) is 19.7. The molecule has 2 fully saturated rings. The third-order valence-electron chi connectivity index (χ3n) is 13.1. The van der Waals surface area contributed by atoms with E-state index in [-0.39, 0.29) is 72.0 Å². The van der Waals surface area contributed by atoms with Gasteiger partial charge in [0.1, 0.15) is 23.6 Å². The number of cyclic esters (lactones) is 1. The van der Waals surface area contributed by atoms with E-state index in [9.17, 15) is 32.3 Å². The molecule has 3 aliphatic heterocycles. The van der Waals surface area contributed by atoms with Gasteiger partial charge in [0, 0.05) is 71.5 Å². The van der Waals surface area contributed by atoms with Gasteiger partial charge < -0.3 is 29.0 Å². The summed E-state index contributed by atoms with van der Waals surface area (Å²) in [6, 6.07) is 11.5. The Morgan fingerprint density at radius 2 is 1.85 bits per heavy atom. The smallest absolute Gasteiger partial charge is 0.406 e. The highest BCUT2D eigenvalue weighted by molar-refractivity contribution is 6.27. The van der Waals surface area contributed by atoms with E-state index >= 15 is 4.39 Å². The lowest BCUT2D eigenvalue weighted by molar-refractivity contribution is -0.158. The summed E-state index contributed by atoms with van der Waals surface area (Å²) in [4.78, 5) is 61.2. The van der Waals surface area contributed by atoms with Crippen LogP contribution < -0.4 is 10.7 Å². The number of halogens is 4. The first-order chi connectivity index (χ1) is 31.6. The lowest BCUT2D eigenvalue weighted by atomic mass is 9.84. The molecule has 5 heterocycles. The molecule has 2 aromatic carbocycles. The van der Waals surface area contributed by atoms with Crippen molar-refractivity contribution in [1.29, 1.82) is 0 Å². The van der Waals surface area contributed by atoms with Crippen molar-refractivity contribution in [3.05, 3.63) is 90.0 Å². The molecule has 4 atom stereocenters. The number of esters is 1. The van der Waals surface area contributed by atoms with Crippen LogP contribution >= 0.6 is 0 Å². The molecule has 2 N–H and O–H groups in total. The van der Waals surface area contributed by atoms with Crippen molar-refractivity contribution in [1.82, 2.24) is 30.2 Å². The average molecular weight is 949 g/mol. The molecule has 13 nitrogen and oxygen atoms in total. The van der Waals surface area contributed by atoms with Gasteiger partial charge in [-0.25, -0.2) is 9.82 Å². The number of likely N-dealkylation sites (tertiary alicyclic amines) is 1. The van der Waals surface area contributed by atoms with Gasteiger partial charge in [-0.3, -0.25) is 29.2 Å². The largest absolute Gasteiger partial charge is 0.464 e. The normalized spacial score (nSPS) is 21.4. The van der Waals surface area contributed by atoms with Crippen molar-refractivity contribution in [2.75, 3.05) is 40.0 Å². The first-order valence-corrected chi connectivity index (χ1v) is 23.7. The minimum Gasteiger partial charge on any atom is -0.464 e. The lowest BCUT2D eigenvalue weighted by Crippen LogP contribution is -2.67. The van der Waals surface area contributed by atoms with E-state index in [0.29, 0.717) is 64.8 Å². The zero-order valence-corrected chi connectivity index (χ0v) is 41.1. The molecule has 18 heteroatoms. The van der Waals surface area contributed by atoms with Gasteiger partial charge >= 0.3 is 12.1 Å². The standard InChI is InChI=1S/C49H60F4N6O7Si/c1-8-41(60)57-23-34(24-57)65-25-38(28(2)3)44(61)55-39-19-30-17-32(20-33(50)18-30)31-12-13-40-36(21-31)37(22-47(5,6)27-66-46(63)48(67)14-10-16-59(56-48)45(39)62)43(58(40)26-49(51,52)53)35-11-9-15-54-42(35)29(4)64-7/h8-9,11-13,15,17-18,20-21,28-29,34,38-39,56H,1,10,14,16,19,22-27H2,2-7,67H3,(H,55,61)/t29-,38-,39-,48-/m0/s1. The van der Waals surface area contributed by atoms with Crippen molar-refractivity contribution in [2.24, 2.45) is 17.3 Å². The van der Waals surface area contributed by atoms with Crippen LogP contribution in [0.25, 0.3) is 33.3 Å². The van der Waals surface area contributed by atoms with Crippen LogP contribution in [-0.4, -0.2) is 117 Å². The molecular weight excluding hydrogens is 889 g/mol. The Morgan fingerprint density at radius 1 is 1.10 bits per heavy atom. The Bertz CT molecular complexity index is 2540. The van der Waals surface area contributed by atoms with Crippen molar-refractivity contribution >= 4 is 44.8 Å². The number of alkyl halides is 3. The van der Waals surface area contributed by atoms with Crippen LogP contribution in [0, 0.1) is 23.1 Å². The number of fused-ring (bicyclic) bond motifs is 6. The summed E-state index contributed by atoms with van der Waals surface area (Å²) in [5.74, 6) is -3.33. The molecule has 3 amide bonds. The van der Waals surface area contributed by atoms with Crippen LogP contribution in [0.3, 0.4) is 0 Å². The molecule has 0 saturated carbocycles. The molecule has 0 radical (unpaired) electrons. The lowest BCUT2D eigenvalue weighted by Gasteiger charge is -2.41. The summed E-state index contributed by atoms with van der Waals surface area (Å²) < 4.78 is 79.1. The fraction of sp³-hybridized carbons (Fsp3) is 0.490. The average Bonchev–Trinajstić information content (AvgIpc) is 3.53. The molecule has 6 bridgehead atoms. The minimum absolute atomic E-state index is 0.0213. The number of ether oxygens (including phenoxy) is 3. The molecule has 2 saturated heterocycles. The van der Waals surface area contributed by atoms with Crippen LogP contribution in [-0.2, 0) is 52.8 Å². The van der Waals surface area contributed by atoms with E-state index in [1.54, 1.807) is 54.4 Å². The SMILES string of the molecule is C=CC(=O)N1CC(OC[C@H](C(=O)N[C@H]2Cc3cc(F)cc(c3)-c3ccc4c(c3)c(c(-c3cccnc3[C@H](C)OC)n4CC(F)(F)F)CC(C)(C)COC(=O)[C@@]3([SiH3])CCCN(N3)C2=O)C(C)C)C1. The Labute approximate surface area is 391 Å². The molecule has 0 aliphatic carbocycles. The molecular formula is C49H60F4N6O7Si. The van der Waals surface area contributed by atoms with Gasteiger partial charge in [-0.2, -0.15) is 13.2 Å². The molecule has 360 valence electrons. The highest BCUT2D eigenvalue weighted by Gasteiger charge is 2.43. The number of amides is 3. The van der Waals surface area contributed by atoms with Gasteiger partial charge in [-0.15, -0.1) is 0 Å². The third kappa shape index (κ3) is 11.0. The molecule has 4 aromatic rings. The fourth-order valence-corrected chi connectivity index (χ4v) is 10.0. The summed E-state index contributed by atoms with van der Waals surface area (Å²) in [5.41, 5.74) is 5.59. The second-order valence-electron chi connectivity index (χ2n) is 19.4. The number of carbonyl (C=O) groups is 4. The topological polar surface area (TPSA) is 144 Å². The van der Waals surface area contributed by atoms with E-state index in [4.69, 9.17) is 14.2 Å². The number of carbonyl (C=O) groups excluding carboxylic acids is 4. The number of hydrogen-bond donors (Lipinski definition) is 2. The number of hydrazine groups is 1. The summed E-state index contributed by atoms with van der Waals surface area (Å²) in [6.07, 6.45) is -1.86. The molecule has 7 rings (SSSR count). The number of pyridine rings is 1. The van der Waals surface area contributed by atoms with Crippen molar-refractivity contribution < 1.29 is 51.0 Å². The first-order valence-electron chi connectivity index (χ1n) is 22.7. The first kappa shape index (κ1) is 49.5. The predicted octanol–water partition coefficient (Wildman–Crippen LogP) is 5.81. The van der Waals surface area contributed by atoms with Gasteiger partial charge in [0.15, 0.2) is 0 Å². The monoisotopic (exact) mass is 948 g/mol. The van der Waals surface area contributed by atoms with Gasteiger partial charge in [-0.05, 0) is 96.8 Å². The zero-order chi connectivity index (χ0) is 48.6. The number of hydrogen-bond acceptors (Lipinski definition) is 9. The van der Waals surface area contributed by atoms with Crippen molar-refractivity contribution in [3.8, 4) is 22.4 Å². The molecule has 67 heavy (non-hydrogen) atoms. The molecule has 0 unspecified atom stereocenters.